The quantitative estimate of drug-likeness (QED) is 0.897. The second-order valence-corrected chi connectivity index (χ2v) is 6.83. The van der Waals surface area contributed by atoms with E-state index in [1.807, 2.05) is 35.2 Å². The molecule has 24 heavy (non-hydrogen) atoms. The number of hydrogen-bond donors (Lipinski definition) is 1. The Bertz CT molecular complexity index is 777. The maximum atomic E-state index is 12.6. The number of nitrogens with zero attached hydrogens (tertiary/aromatic N) is 3. The summed E-state index contributed by atoms with van der Waals surface area (Å²) in [7, 11) is 0. The van der Waals surface area contributed by atoms with E-state index in [4.69, 9.17) is 16.9 Å². The highest BCUT2D eigenvalue weighted by Crippen LogP contribution is 2.28. The average Bonchev–Trinajstić information content (AvgIpc) is 3.00. The maximum absolute atomic E-state index is 12.6. The Kier molecular flexibility index (Phi) is 5.34. The van der Waals surface area contributed by atoms with Gasteiger partial charge in [-0.15, -0.1) is 0 Å². The fourth-order valence-corrected chi connectivity index (χ4v) is 3.69. The van der Waals surface area contributed by atoms with Gasteiger partial charge in [0.05, 0.1) is 0 Å². The third-order valence-electron chi connectivity index (χ3n) is 4.03. The average molecular weight is 361 g/mol. The monoisotopic (exact) mass is 360 g/mol. The topological polar surface area (TPSA) is 69.0 Å². The van der Waals surface area contributed by atoms with E-state index in [2.05, 4.69) is 9.69 Å². The summed E-state index contributed by atoms with van der Waals surface area (Å²) in [5.74, 6) is 0.0927. The highest BCUT2D eigenvalue weighted by Gasteiger charge is 2.18. The molecule has 124 valence electrons. The third kappa shape index (κ3) is 3.69. The van der Waals surface area contributed by atoms with Crippen LogP contribution in [0.15, 0.2) is 24.3 Å². The van der Waals surface area contributed by atoms with Crippen molar-refractivity contribution in [3.05, 3.63) is 46.1 Å². The molecule has 0 saturated carbocycles. The number of carbonyl (C=O) groups is 1. The standard InChI is InChI=1S/C17H17ClN4OS/c18-15-14(10-19)16(24-21-15)20-11-12-5-4-6-13(9-12)17(23)22-7-2-1-3-8-22/h4-6,9,20H,1-3,7-8,11H2. The Balaban J connectivity index is 1.69. The summed E-state index contributed by atoms with van der Waals surface area (Å²) in [5, 5.41) is 13.1. The molecule has 1 amide bonds. The zero-order valence-electron chi connectivity index (χ0n) is 13.1. The molecular formula is C17H17ClN4OS. The summed E-state index contributed by atoms with van der Waals surface area (Å²) in [6.07, 6.45) is 3.36. The summed E-state index contributed by atoms with van der Waals surface area (Å²) < 4.78 is 3.97. The summed E-state index contributed by atoms with van der Waals surface area (Å²) >= 11 is 7.03. The van der Waals surface area contributed by atoms with E-state index in [1.54, 1.807) is 0 Å². The molecule has 1 saturated heterocycles. The van der Waals surface area contributed by atoms with E-state index >= 15 is 0 Å². The van der Waals surface area contributed by atoms with Crippen molar-refractivity contribution >= 4 is 34.0 Å². The van der Waals surface area contributed by atoms with Gasteiger partial charge in [-0.25, -0.2) is 0 Å². The lowest BCUT2D eigenvalue weighted by molar-refractivity contribution is 0.0724. The molecule has 5 nitrogen and oxygen atoms in total. The summed E-state index contributed by atoms with van der Waals surface area (Å²) in [6, 6.07) is 9.64. The van der Waals surface area contributed by atoms with Gasteiger partial charge in [-0.3, -0.25) is 4.79 Å². The number of nitriles is 1. The van der Waals surface area contributed by atoms with E-state index < -0.39 is 0 Å². The van der Waals surface area contributed by atoms with Crippen LogP contribution in [0.1, 0.15) is 40.7 Å². The molecule has 0 spiro atoms. The third-order valence-corrected chi connectivity index (χ3v) is 5.21. The van der Waals surface area contributed by atoms with Crippen LogP contribution in [0.3, 0.4) is 0 Å². The minimum absolute atomic E-state index is 0.0927. The van der Waals surface area contributed by atoms with Gasteiger partial charge in [0.2, 0.25) is 0 Å². The Morgan fingerprint density at radius 3 is 2.92 bits per heavy atom. The molecule has 1 fully saturated rings. The fourth-order valence-electron chi connectivity index (χ4n) is 2.76. The normalized spacial score (nSPS) is 14.2. The summed E-state index contributed by atoms with van der Waals surface area (Å²) in [6.45, 7) is 2.19. The van der Waals surface area contributed by atoms with Crippen LogP contribution in [0.4, 0.5) is 5.00 Å². The first kappa shape index (κ1) is 16.7. The van der Waals surface area contributed by atoms with Crippen LogP contribution >= 0.6 is 23.1 Å². The second-order valence-electron chi connectivity index (χ2n) is 5.70. The van der Waals surface area contributed by atoms with Gasteiger partial charge in [0.15, 0.2) is 5.15 Å². The van der Waals surface area contributed by atoms with Gasteiger partial charge in [-0.05, 0) is 48.5 Å². The number of piperidine rings is 1. The SMILES string of the molecule is N#Cc1c(Cl)nsc1NCc1cccc(C(=O)N2CCCCC2)c1. The number of halogens is 1. The van der Waals surface area contributed by atoms with Crippen LogP contribution in [0.25, 0.3) is 0 Å². The predicted molar refractivity (Wildman–Crippen MR) is 95.4 cm³/mol. The van der Waals surface area contributed by atoms with Crippen LogP contribution in [-0.4, -0.2) is 28.3 Å². The van der Waals surface area contributed by atoms with E-state index in [9.17, 15) is 4.79 Å². The predicted octanol–water partition coefficient (Wildman–Crippen LogP) is 3.91. The lowest BCUT2D eigenvalue weighted by Crippen LogP contribution is -2.35. The molecule has 1 aliphatic heterocycles. The van der Waals surface area contributed by atoms with Gasteiger partial charge >= 0.3 is 0 Å². The Morgan fingerprint density at radius 2 is 2.17 bits per heavy atom. The Labute approximate surface area is 150 Å². The molecule has 1 N–H and O–H groups in total. The van der Waals surface area contributed by atoms with Crippen LogP contribution in [0.2, 0.25) is 5.15 Å². The van der Waals surface area contributed by atoms with Crippen LogP contribution in [-0.2, 0) is 6.54 Å². The maximum Gasteiger partial charge on any atom is 0.253 e. The molecule has 0 bridgehead atoms. The summed E-state index contributed by atoms with van der Waals surface area (Å²) in [4.78, 5) is 14.5. The van der Waals surface area contributed by atoms with Gasteiger partial charge in [0, 0.05) is 25.2 Å². The smallest absolute Gasteiger partial charge is 0.253 e. The number of rotatable bonds is 4. The number of anilines is 1. The zero-order valence-corrected chi connectivity index (χ0v) is 14.7. The van der Waals surface area contributed by atoms with E-state index in [0.717, 1.165) is 43.0 Å². The first-order valence-corrected chi connectivity index (χ1v) is 9.01. The molecule has 7 heteroatoms. The van der Waals surface area contributed by atoms with Gasteiger partial charge < -0.3 is 10.2 Å². The fraction of sp³-hybridized carbons (Fsp3) is 0.353. The van der Waals surface area contributed by atoms with Crippen molar-refractivity contribution in [1.29, 1.82) is 5.26 Å². The van der Waals surface area contributed by atoms with E-state index in [-0.39, 0.29) is 11.1 Å². The molecule has 0 atom stereocenters. The molecule has 0 unspecified atom stereocenters. The Morgan fingerprint density at radius 1 is 1.38 bits per heavy atom. The lowest BCUT2D eigenvalue weighted by Gasteiger charge is -2.26. The van der Waals surface area contributed by atoms with Gasteiger partial charge in [0.25, 0.3) is 5.91 Å². The van der Waals surface area contributed by atoms with Crippen LogP contribution < -0.4 is 5.32 Å². The summed E-state index contributed by atoms with van der Waals surface area (Å²) in [5.41, 5.74) is 2.05. The van der Waals surface area contributed by atoms with Crippen LogP contribution in [0, 0.1) is 11.3 Å². The van der Waals surface area contributed by atoms with E-state index in [0.29, 0.717) is 22.7 Å². The molecule has 2 heterocycles. The molecule has 3 rings (SSSR count). The van der Waals surface area contributed by atoms with Gasteiger partial charge in [-0.1, -0.05) is 23.7 Å². The highest BCUT2D eigenvalue weighted by atomic mass is 35.5. The van der Waals surface area contributed by atoms with Crippen molar-refractivity contribution in [2.24, 2.45) is 0 Å². The number of benzene rings is 1. The first-order chi connectivity index (χ1) is 11.7. The highest BCUT2D eigenvalue weighted by molar-refractivity contribution is 7.10. The number of amides is 1. The molecule has 0 aliphatic carbocycles. The molecule has 1 aromatic heterocycles. The van der Waals surface area contributed by atoms with Gasteiger partial charge in [0.1, 0.15) is 16.6 Å². The number of carbonyl (C=O) groups excluding carboxylic acids is 1. The van der Waals surface area contributed by atoms with Crippen molar-refractivity contribution in [2.45, 2.75) is 25.8 Å². The van der Waals surface area contributed by atoms with Crippen molar-refractivity contribution in [3.63, 3.8) is 0 Å². The lowest BCUT2D eigenvalue weighted by atomic mass is 10.1. The van der Waals surface area contributed by atoms with Gasteiger partial charge in [-0.2, -0.15) is 9.64 Å². The number of hydrogen-bond acceptors (Lipinski definition) is 5. The molecular weight excluding hydrogens is 344 g/mol. The number of likely N-dealkylation sites (tertiary alicyclic amines) is 1. The first-order valence-electron chi connectivity index (χ1n) is 7.86. The molecule has 1 aromatic carbocycles. The number of aromatic nitrogens is 1. The van der Waals surface area contributed by atoms with E-state index in [1.165, 1.54) is 6.42 Å². The second kappa shape index (κ2) is 7.65. The largest absolute Gasteiger partial charge is 0.370 e. The van der Waals surface area contributed by atoms with Crippen molar-refractivity contribution in [3.8, 4) is 6.07 Å². The molecule has 2 aromatic rings. The molecule has 1 aliphatic rings. The van der Waals surface area contributed by atoms with Crippen molar-refractivity contribution in [1.82, 2.24) is 9.27 Å². The van der Waals surface area contributed by atoms with Crippen molar-refractivity contribution in [2.75, 3.05) is 18.4 Å². The number of nitrogens with one attached hydrogen (secondary N) is 1. The Hall–Kier alpha value is -2.10. The minimum Gasteiger partial charge on any atom is -0.370 e. The molecule has 0 radical (unpaired) electrons. The van der Waals surface area contributed by atoms with Crippen molar-refractivity contribution < 1.29 is 4.79 Å². The van der Waals surface area contributed by atoms with Crippen LogP contribution in [0.5, 0.6) is 0 Å². The zero-order chi connectivity index (χ0) is 16.9. The minimum atomic E-state index is 0.0927.